The second-order valence-corrected chi connectivity index (χ2v) is 12.3. The van der Waals surface area contributed by atoms with Gasteiger partial charge < -0.3 is 14.6 Å². The molecular formula is C41H70O5. The molecule has 5 nitrogen and oxygen atoms in total. The molecule has 0 aromatic heterocycles. The van der Waals surface area contributed by atoms with Crippen LogP contribution in [0.25, 0.3) is 0 Å². The van der Waals surface area contributed by atoms with Crippen LogP contribution < -0.4 is 0 Å². The van der Waals surface area contributed by atoms with E-state index in [-0.39, 0.29) is 25.2 Å². The Hall–Kier alpha value is -2.40. The summed E-state index contributed by atoms with van der Waals surface area (Å²) in [5, 5.41) is 9.54. The molecule has 46 heavy (non-hydrogen) atoms. The van der Waals surface area contributed by atoms with E-state index in [9.17, 15) is 14.7 Å². The Bertz CT molecular complexity index is 823. The predicted molar refractivity (Wildman–Crippen MR) is 196 cm³/mol. The first-order valence-corrected chi connectivity index (χ1v) is 18.8. The molecule has 1 atom stereocenters. The van der Waals surface area contributed by atoms with Gasteiger partial charge in [-0.3, -0.25) is 9.59 Å². The van der Waals surface area contributed by atoms with E-state index in [1.807, 2.05) is 0 Å². The highest BCUT2D eigenvalue weighted by Crippen LogP contribution is 2.12. The predicted octanol–water partition coefficient (Wildman–Crippen LogP) is 11.6. The molecule has 0 amide bonds. The molecule has 1 N–H and O–H groups in total. The van der Waals surface area contributed by atoms with Gasteiger partial charge in [-0.2, -0.15) is 0 Å². The van der Waals surface area contributed by atoms with Crippen LogP contribution in [0.15, 0.2) is 60.8 Å². The molecule has 0 aliphatic heterocycles. The minimum Gasteiger partial charge on any atom is -0.462 e. The van der Waals surface area contributed by atoms with E-state index in [2.05, 4.69) is 74.6 Å². The number of hydrogen-bond acceptors (Lipinski definition) is 5. The molecule has 0 radical (unpaired) electrons. The number of allylic oxidation sites excluding steroid dienone is 10. The van der Waals surface area contributed by atoms with E-state index in [0.717, 1.165) is 77.0 Å². The summed E-state index contributed by atoms with van der Waals surface area (Å²) >= 11 is 0. The Morgan fingerprint density at radius 1 is 0.522 bits per heavy atom. The first-order valence-electron chi connectivity index (χ1n) is 18.8. The van der Waals surface area contributed by atoms with Crippen molar-refractivity contribution in [2.75, 3.05) is 13.2 Å². The summed E-state index contributed by atoms with van der Waals surface area (Å²) in [4.78, 5) is 24.2. The lowest BCUT2D eigenvalue weighted by Gasteiger charge is -2.15. The molecule has 0 aromatic carbocycles. The van der Waals surface area contributed by atoms with Crippen molar-refractivity contribution < 1.29 is 24.2 Å². The first-order chi connectivity index (χ1) is 22.6. The van der Waals surface area contributed by atoms with Crippen LogP contribution in [0.5, 0.6) is 0 Å². The smallest absolute Gasteiger partial charge is 0.306 e. The van der Waals surface area contributed by atoms with Gasteiger partial charge in [0.25, 0.3) is 0 Å². The quantitative estimate of drug-likeness (QED) is 0.0438. The Morgan fingerprint density at radius 2 is 0.935 bits per heavy atom. The molecule has 0 heterocycles. The van der Waals surface area contributed by atoms with E-state index in [4.69, 9.17) is 9.47 Å². The molecule has 0 rings (SSSR count). The molecular weight excluding hydrogens is 572 g/mol. The average molecular weight is 643 g/mol. The number of carbonyl (C=O) groups excluding carboxylic acids is 2. The zero-order valence-electron chi connectivity index (χ0n) is 29.8. The topological polar surface area (TPSA) is 72.8 Å². The standard InChI is InChI=1S/C41H70O5/c1-3-5-7-9-11-13-15-17-19-20-22-24-26-28-30-32-34-36-41(44)46-39(37-42)38-45-40(43)35-33-31-29-27-25-23-21-18-16-14-12-10-8-6-4-2/h5,7,11,13-14,16-17,19,22,24,39,42H,3-4,6,8-10,12,15,18,20-21,23,25-38H2,1-2H3/t39-/m0/s1. The molecule has 0 spiro atoms. The normalized spacial score (nSPS) is 12.8. The average Bonchev–Trinajstić information content (AvgIpc) is 3.06. The monoisotopic (exact) mass is 643 g/mol. The van der Waals surface area contributed by atoms with Crippen LogP contribution >= 0.6 is 0 Å². The maximum atomic E-state index is 12.1. The van der Waals surface area contributed by atoms with Gasteiger partial charge in [0.15, 0.2) is 6.10 Å². The van der Waals surface area contributed by atoms with Crippen LogP contribution in [0, 0.1) is 0 Å². The molecule has 0 unspecified atom stereocenters. The van der Waals surface area contributed by atoms with Crippen molar-refractivity contribution in [2.24, 2.45) is 0 Å². The van der Waals surface area contributed by atoms with Crippen molar-refractivity contribution in [3.8, 4) is 0 Å². The van der Waals surface area contributed by atoms with Crippen LogP contribution in [-0.4, -0.2) is 36.4 Å². The molecule has 5 heteroatoms. The summed E-state index contributed by atoms with van der Waals surface area (Å²) in [7, 11) is 0. The summed E-state index contributed by atoms with van der Waals surface area (Å²) in [6.07, 6.45) is 47.0. The van der Waals surface area contributed by atoms with Gasteiger partial charge in [-0.25, -0.2) is 0 Å². The fourth-order valence-corrected chi connectivity index (χ4v) is 4.95. The number of aliphatic hydroxyl groups is 1. The zero-order valence-corrected chi connectivity index (χ0v) is 29.8. The molecule has 0 bridgehead atoms. The van der Waals surface area contributed by atoms with E-state index >= 15 is 0 Å². The van der Waals surface area contributed by atoms with Crippen LogP contribution in [0.2, 0.25) is 0 Å². The third-order valence-electron chi connectivity index (χ3n) is 7.80. The van der Waals surface area contributed by atoms with Gasteiger partial charge in [-0.05, 0) is 77.0 Å². The highest BCUT2D eigenvalue weighted by atomic mass is 16.6. The molecule has 0 fully saturated rings. The van der Waals surface area contributed by atoms with Crippen molar-refractivity contribution in [2.45, 2.75) is 174 Å². The minimum absolute atomic E-state index is 0.0802. The van der Waals surface area contributed by atoms with Gasteiger partial charge in [0.05, 0.1) is 6.61 Å². The maximum Gasteiger partial charge on any atom is 0.306 e. The minimum atomic E-state index is -0.787. The Labute approximate surface area is 283 Å². The summed E-state index contributed by atoms with van der Waals surface area (Å²) in [5.41, 5.74) is 0. The maximum absolute atomic E-state index is 12.1. The summed E-state index contributed by atoms with van der Waals surface area (Å²) in [6, 6.07) is 0. The number of esters is 2. The van der Waals surface area contributed by atoms with E-state index in [0.29, 0.717) is 12.8 Å². The summed E-state index contributed by atoms with van der Waals surface area (Å²) in [5.74, 6) is -0.628. The number of unbranched alkanes of at least 4 members (excludes halogenated alkanes) is 15. The van der Waals surface area contributed by atoms with E-state index in [1.165, 1.54) is 64.2 Å². The molecule has 0 aromatic rings. The van der Waals surface area contributed by atoms with Gasteiger partial charge >= 0.3 is 11.9 Å². The second-order valence-electron chi connectivity index (χ2n) is 12.3. The molecule has 0 saturated carbocycles. The third-order valence-corrected chi connectivity index (χ3v) is 7.80. The van der Waals surface area contributed by atoms with Crippen molar-refractivity contribution in [3.63, 3.8) is 0 Å². The lowest BCUT2D eigenvalue weighted by atomic mass is 10.1. The summed E-state index contributed by atoms with van der Waals surface area (Å²) < 4.78 is 10.6. The van der Waals surface area contributed by atoms with Crippen molar-refractivity contribution in [1.29, 1.82) is 0 Å². The van der Waals surface area contributed by atoms with Crippen molar-refractivity contribution in [3.05, 3.63) is 60.8 Å². The fourth-order valence-electron chi connectivity index (χ4n) is 4.95. The van der Waals surface area contributed by atoms with E-state index in [1.54, 1.807) is 0 Å². The highest BCUT2D eigenvalue weighted by Gasteiger charge is 2.16. The largest absolute Gasteiger partial charge is 0.462 e. The Morgan fingerprint density at radius 3 is 1.43 bits per heavy atom. The van der Waals surface area contributed by atoms with Gasteiger partial charge in [-0.15, -0.1) is 0 Å². The van der Waals surface area contributed by atoms with Crippen LogP contribution in [0.3, 0.4) is 0 Å². The summed E-state index contributed by atoms with van der Waals surface area (Å²) in [6.45, 7) is 3.97. The SMILES string of the molecule is CCC=CCC=CCC=CCC=CCCCCCCC(=O)O[C@@H](CO)COC(=O)CCCCCCCCCC=CCCCCCC. The van der Waals surface area contributed by atoms with E-state index < -0.39 is 6.10 Å². The fraction of sp³-hybridized carbons (Fsp3) is 0.707. The van der Waals surface area contributed by atoms with Gasteiger partial charge in [0.1, 0.15) is 6.61 Å². The van der Waals surface area contributed by atoms with Gasteiger partial charge in [0, 0.05) is 12.8 Å². The highest BCUT2D eigenvalue weighted by molar-refractivity contribution is 5.70. The Balaban J connectivity index is 3.64. The number of ether oxygens (including phenoxy) is 2. The first kappa shape index (κ1) is 43.6. The van der Waals surface area contributed by atoms with Crippen LogP contribution in [0.4, 0.5) is 0 Å². The van der Waals surface area contributed by atoms with Gasteiger partial charge in [-0.1, -0.05) is 139 Å². The molecule has 0 aliphatic rings. The lowest BCUT2D eigenvalue weighted by Crippen LogP contribution is -2.28. The van der Waals surface area contributed by atoms with Crippen LogP contribution in [0.1, 0.15) is 168 Å². The number of carbonyl (C=O) groups is 2. The third kappa shape index (κ3) is 34.5. The molecule has 264 valence electrons. The molecule has 0 saturated heterocycles. The van der Waals surface area contributed by atoms with Crippen LogP contribution in [-0.2, 0) is 19.1 Å². The number of aliphatic hydroxyl groups excluding tert-OH is 1. The number of rotatable bonds is 33. The van der Waals surface area contributed by atoms with Crippen molar-refractivity contribution >= 4 is 11.9 Å². The van der Waals surface area contributed by atoms with Gasteiger partial charge in [0.2, 0.25) is 0 Å². The Kier molecular flexibility index (Phi) is 35.1. The van der Waals surface area contributed by atoms with Crippen molar-refractivity contribution in [1.82, 2.24) is 0 Å². The number of hydrogen-bond donors (Lipinski definition) is 1. The lowest BCUT2D eigenvalue weighted by molar-refractivity contribution is -0.161. The zero-order chi connectivity index (χ0) is 33.6. The second kappa shape index (κ2) is 37.1. The molecule has 0 aliphatic carbocycles.